The first-order valence-corrected chi connectivity index (χ1v) is 6.46. The molecule has 0 saturated carbocycles. The smallest absolute Gasteiger partial charge is 0.262 e. The van der Waals surface area contributed by atoms with Crippen LogP contribution in [0.25, 0.3) is 0 Å². The molecule has 0 spiro atoms. The van der Waals surface area contributed by atoms with Gasteiger partial charge < -0.3 is 9.88 Å². The Labute approximate surface area is 106 Å². The fourth-order valence-electron chi connectivity index (χ4n) is 1.38. The first-order chi connectivity index (χ1) is 7.66. The highest BCUT2D eigenvalue weighted by molar-refractivity contribution is 9.10. The Bertz CT molecular complexity index is 504. The molecule has 16 heavy (non-hydrogen) atoms. The first kappa shape index (κ1) is 11.4. The van der Waals surface area contributed by atoms with Crippen LogP contribution in [0.3, 0.4) is 0 Å². The summed E-state index contributed by atoms with van der Waals surface area (Å²) >= 11 is 4.78. The Morgan fingerprint density at radius 3 is 2.94 bits per heavy atom. The van der Waals surface area contributed by atoms with E-state index in [-0.39, 0.29) is 5.91 Å². The van der Waals surface area contributed by atoms with Crippen molar-refractivity contribution in [2.45, 2.75) is 6.54 Å². The lowest BCUT2D eigenvalue weighted by Gasteiger charge is -2.02. The summed E-state index contributed by atoms with van der Waals surface area (Å²) in [5, 5.41) is 4.77. The molecule has 84 valence electrons. The van der Waals surface area contributed by atoms with Crippen molar-refractivity contribution in [2.75, 3.05) is 0 Å². The van der Waals surface area contributed by atoms with E-state index in [1.165, 1.54) is 11.3 Å². The maximum absolute atomic E-state index is 11.8. The van der Waals surface area contributed by atoms with Crippen LogP contribution in [0.2, 0.25) is 0 Å². The lowest BCUT2D eigenvalue weighted by Crippen LogP contribution is -2.21. The van der Waals surface area contributed by atoms with Gasteiger partial charge in [0, 0.05) is 30.5 Å². The zero-order chi connectivity index (χ0) is 11.5. The molecule has 0 saturated heterocycles. The zero-order valence-corrected chi connectivity index (χ0v) is 11.1. The molecule has 0 bridgehead atoms. The van der Waals surface area contributed by atoms with Crippen LogP contribution >= 0.6 is 27.3 Å². The standard InChI is InChI=1S/C11H11BrN2OS/c1-14-4-2-8(7-14)6-13-11(15)10-9(12)3-5-16-10/h2-5,7H,6H2,1H3,(H,13,15). The van der Waals surface area contributed by atoms with E-state index in [4.69, 9.17) is 0 Å². The van der Waals surface area contributed by atoms with Crippen LogP contribution in [0.5, 0.6) is 0 Å². The third kappa shape index (κ3) is 2.54. The van der Waals surface area contributed by atoms with E-state index in [1.54, 1.807) is 0 Å². The van der Waals surface area contributed by atoms with Crippen molar-refractivity contribution in [3.8, 4) is 0 Å². The molecule has 0 aromatic carbocycles. The first-order valence-electron chi connectivity index (χ1n) is 4.79. The normalized spacial score (nSPS) is 10.4. The van der Waals surface area contributed by atoms with E-state index in [2.05, 4.69) is 21.2 Å². The lowest BCUT2D eigenvalue weighted by molar-refractivity contribution is 0.0954. The highest BCUT2D eigenvalue weighted by atomic mass is 79.9. The Balaban J connectivity index is 1.96. The minimum Gasteiger partial charge on any atom is -0.357 e. The largest absolute Gasteiger partial charge is 0.357 e. The van der Waals surface area contributed by atoms with Gasteiger partial charge in [0.1, 0.15) is 4.88 Å². The molecule has 3 nitrogen and oxygen atoms in total. The van der Waals surface area contributed by atoms with Crippen molar-refractivity contribution in [2.24, 2.45) is 7.05 Å². The third-order valence-electron chi connectivity index (χ3n) is 2.17. The number of nitrogens with zero attached hydrogens (tertiary/aromatic N) is 1. The quantitative estimate of drug-likeness (QED) is 0.929. The van der Waals surface area contributed by atoms with Crippen molar-refractivity contribution >= 4 is 33.2 Å². The molecule has 2 rings (SSSR count). The molecule has 1 amide bonds. The van der Waals surface area contributed by atoms with Crippen LogP contribution in [-0.2, 0) is 13.6 Å². The number of hydrogen-bond acceptors (Lipinski definition) is 2. The molecule has 2 aromatic rings. The van der Waals surface area contributed by atoms with Gasteiger partial charge >= 0.3 is 0 Å². The van der Waals surface area contributed by atoms with Crippen LogP contribution in [0.1, 0.15) is 15.2 Å². The number of nitrogens with one attached hydrogen (secondary N) is 1. The Hall–Kier alpha value is -1.07. The monoisotopic (exact) mass is 298 g/mol. The van der Waals surface area contributed by atoms with Gasteiger partial charge in [0.25, 0.3) is 5.91 Å². The predicted molar refractivity (Wildman–Crippen MR) is 68.6 cm³/mol. The average Bonchev–Trinajstić information content (AvgIpc) is 2.84. The molecule has 0 fully saturated rings. The van der Waals surface area contributed by atoms with Gasteiger partial charge in [-0.1, -0.05) is 0 Å². The van der Waals surface area contributed by atoms with Gasteiger partial charge in [-0.3, -0.25) is 4.79 Å². The molecule has 2 heterocycles. The summed E-state index contributed by atoms with van der Waals surface area (Å²) in [5.41, 5.74) is 1.10. The van der Waals surface area contributed by atoms with Crippen LogP contribution in [0.15, 0.2) is 34.4 Å². The maximum atomic E-state index is 11.8. The van der Waals surface area contributed by atoms with Gasteiger partial charge in [0.2, 0.25) is 0 Å². The summed E-state index contributed by atoms with van der Waals surface area (Å²) in [4.78, 5) is 12.5. The molecule has 1 N–H and O–H groups in total. The summed E-state index contributed by atoms with van der Waals surface area (Å²) < 4.78 is 2.81. The Morgan fingerprint density at radius 2 is 2.38 bits per heavy atom. The maximum Gasteiger partial charge on any atom is 0.262 e. The average molecular weight is 299 g/mol. The molecular formula is C11H11BrN2OS. The molecular weight excluding hydrogens is 288 g/mol. The molecule has 0 atom stereocenters. The number of carbonyl (C=O) groups excluding carboxylic acids is 1. The van der Waals surface area contributed by atoms with Crippen molar-refractivity contribution in [1.82, 2.24) is 9.88 Å². The summed E-state index contributed by atoms with van der Waals surface area (Å²) in [6.07, 6.45) is 3.95. The fourth-order valence-corrected chi connectivity index (χ4v) is 2.85. The van der Waals surface area contributed by atoms with Crippen LogP contribution < -0.4 is 5.32 Å². The summed E-state index contributed by atoms with van der Waals surface area (Å²) in [7, 11) is 1.96. The van der Waals surface area contributed by atoms with Crippen molar-refractivity contribution in [1.29, 1.82) is 0 Å². The highest BCUT2D eigenvalue weighted by Gasteiger charge is 2.10. The number of amides is 1. The number of rotatable bonds is 3. The Morgan fingerprint density at radius 1 is 1.56 bits per heavy atom. The number of halogens is 1. The topological polar surface area (TPSA) is 34.0 Å². The van der Waals surface area contributed by atoms with Gasteiger partial charge in [-0.2, -0.15) is 0 Å². The summed E-state index contributed by atoms with van der Waals surface area (Å²) in [6.45, 7) is 0.560. The Kier molecular flexibility index (Phi) is 3.46. The summed E-state index contributed by atoms with van der Waals surface area (Å²) in [6, 6.07) is 3.87. The lowest BCUT2D eigenvalue weighted by atomic mass is 10.3. The fraction of sp³-hybridized carbons (Fsp3) is 0.182. The minimum atomic E-state index is -0.0364. The molecule has 5 heteroatoms. The summed E-state index contributed by atoms with van der Waals surface area (Å²) in [5.74, 6) is -0.0364. The second kappa shape index (κ2) is 4.84. The van der Waals surface area contributed by atoms with Crippen LogP contribution in [0.4, 0.5) is 0 Å². The molecule has 0 aliphatic carbocycles. The van der Waals surface area contributed by atoms with Crippen molar-refractivity contribution in [3.05, 3.63) is 44.8 Å². The number of carbonyl (C=O) groups is 1. The van der Waals surface area contributed by atoms with Crippen LogP contribution in [-0.4, -0.2) is 10.5 Å². The number of aryl methyl sites for hydroxylation is 1. The number of thiophene rings is 1. The van der Waals surface area contributed by atoms with E-state index in [9.17, 15) is 4.79 Å². The highest BCUT2D eigenvalue weighted by Crippen LogP contribution is 2.22. The zero-order valence-electron chi connectivity index (χ0n) is 8.74. The van der Waals surface area contributed by atoms with E-state index in [0.717, 1.165) is 14.9 Å². The molecule has 0 unspecified atom stereocenters. The molecule has 0 aliphatic rings. The molecule has 0 aliphatic heterocycles. The second-order valence-electron chi connectivity index (χ2n) is 3.47. The molecule has 0 radical (unpaired) electrons. The van der Waals surface area contributed by atoms with Gasteiger partial charge in [-0.15, -0.1) is 11.3 Å². The predicted octanol–water partition coefficient (Wildman–Crippen LogP) is 2.78. The van der Waals surface area contributed by atoms with E-state index < -0.39 is 0 Å². The van der Waals surface area contributed by atoms with E-state index in [0.29, 0.717) is 6.54 Å². The number of aromatic nitrogens is 1. The minimum absolute atomic E-state index is 0.0364. The van der Waals surface area contributed by atoms with E-state index in [1.807, 2.05) is 41.5 Å². The van der Waals surface area contributed by atoms with Crippen molar-refractivity contribution in [3.63, 3.8) is 0 Å². The van der Waals surface area contributed by atoms with Crippen molar-refractivity contribution < 1.29 is 4.79 Å². The second-order valence-corrected chi connectivity index (χ2v) is 5.24. The molecule has 2 aromatic heterocycles. The van der Waals surface area contributed by atoms with Gasteiger partial charge in [0.15, 0.2) is 0 Å². The van der Waals surface area contributed by atoms with Gasteiger partial charge in [-0.05, 0) is 39.0 Å². The SMILES string of the molecule is Cn1ccc(CNC(=O)c2sccc2Br)c1. The van der Waals surface area contributed by atoms with Gasteiger partial charge in [0.05, 0.1) is 0 Å². The number of hydrogen-bond donors (Lipinski definition) is 1. The third-order valence-corrected chi connectivity index (χ3v) is 4.01. The van der Waals surface area contributed by atoms with Crippen LogP contribution in [0, 0.1) is 0 Å². The van der Waals surface area contributed by atoms with Gasteiger partial charge in [-0.25, -0.2) is 0 Å². The van der Waals surface area contributed by atoms with E-state index >= 15 is 0 Å².